The Labute approximate surface area is 92.9 Å². The third kappa shape index (κ3) is 2.41. The van der Waals surface area contributed by atoms with Gasteiger partial charge in [-0.05, 0) is 41.4 Å². The molecule has 0 radical (unpaired) electrons. The molecule has 1 aromatic rings. The van der Waals surface area contributed by atoms with Crippen molar-refractivity contribution in [3.05, 3.63) is 28.0 Å². The summed E-state index contributed by atoms with van der Waals surface area (Å²) in [5.41, 5.74) is 1.95. The van der Waals surface area contributed by atoms with Crippen molar-refractivity contribution >= 4 is 21.7 Å². The van der Waals surface area contributed by atoms with Crippen LogP contribution >= 0.6 is 15.9 Å². The van der Waals surface area contributed by atoms with Crippen LogP contribution in [0.1, 0.15) is 37.4 Å². The van der Waals surface area contributed by atoms with E-state index in [9.17, 15) is 4.79 Å². The third-order valence-electron chi connectivity index (χ3n) is 2.33. The molecule has 0 aliphatic carbocycles. The molecule has 2 nitrogen and oxygen atoms in total. The minimum Gasteiger partial charge on any atom is -0.299 e. The molecule has 1 heterocycles. The molecule has 0 saturated heterocycles. The predicted molar refractivity (Wildman–Crippen MR) is 60.4 cm³/mol. The number of pyridine rings is 1. The van der Waals surface area contributed by atoms with E-state index in [1.54, 1.807) is 6.20 Å². The highest BCUT2D eigenvalue weighted by Crippen LogP contribution is 2.21. The summed E-state index contributed by atoms with van der Waals surface area (Å²) < 4.78 is 0.954. The Morgan fingerprint density at radius 1 is 1.64 bits per heavy atom. The highest BCUT2D eigenvalue weighted by atomic mass is 79.9. The van der Waals surface area contributed by atoms with E-state index in [1.807, 2.05) is 26.8 Å². The summed E-state index contributed by atoms with van der Waals surface area (Å²) in [6.07, 6.45) is 2.31. The highest BCUT2D eigenvalue weighted by Gasteiger charge is 2.16. The molecule has 1 atom stereocenters. The maximum absolute atomic E-state index is 11.5. The normalized spacial score (nSPS) is 12.6. The van der Waals surface area contributed by atoms with Gasteiger partial charge < -0.3 is 0 Å². The summed E-state index contributed by atoms with van der Waals surface area (Å²) >= 11 is 3.35. The van der Waals surface area contributed by atoms with Crippen molar-refractivity contribution in [1.82, 2.24) is 4.98 Å². The van der Waals surface area contributed by atoms with E-state index in [2.05, 4.69) is 20.9 Å². The van der Waals surface area contributed by atoms with Gasteiger partial charge >= 0.3 is 0 Å². The molecule has 0 aromatic carbocycles. The smallest absolute Gasteiger partial charge is 0.141 e. The molecular weight excluding hydrogens is 242 g/mol. The number of halogens is 1. The van der Waals surface area contributed by atoms with Crippen molar-refractivity contribution in [2.75, 3.05) is 0 Å². The Bertz CT molecular complexity index is 349. The average Bonchev–Trinajstić information content (AvgIpc) is 2.15. The maximum Gasteiger partial charge on any atom is 0.141 e. The molecule has 0 aliphatic rings. The fourth-order valence-electron chi connectivity index (χ4n) is 1.46. The van der Waals surface area contributed by atoms with Gasteiger partial charge in [-0.1, -0.05) is 6.92 Å². The molecule has 1 aromatic heterocycles. The lowest BCUT2D eigenvalue weighted by Gasteiger charge is -2.11. The standard InChI is InChI=1S/C11H14BrNO/c1-4-10(14)8(3)11-7(2)5-9(12)6-13-11/h5-6,8H,4H2,1-3H3. The van der Waals surface area contributed by atoms with E-state index in [1.165, 1.54) is 0 Å². The van der Waals surface area contributed by atoms with Gasteiger partial charge in [0.2, 0.25) is 0 Å². The Morgan fingerprint density at radius 2 is 2.29 bits per heavy atom. The molecular formula is C11H14BrNO. The van der Waals surface area contributed by atoms with E-state index in [0.29, 0.717) is 6.42 Å². The first-order valence-corrected chi connectivity index (χ1v) is 5.50. The summed E-state index contributed by atoms with van der Waals surface area (Å²) in [6, 6.07) is 1.99. The van der Waals surface area contributed by atoms with Crippen LogP contribution in [0.3, 0.4) is 0 Å². The summed E-state index contributed by atoms with van der Waals surface area (Å²) in [4.78, 5) is 15.8. The van der Waals surface area contributed by atoms with Crippen LogP contribution in [-0.4, -0.2) is 10.8 Å². The third-order valence-corrected chi connectivity index (χ3v) is 2.76. The Kier molecular flexibility index (Phi) is 3.81. The quantitative estimate of drug-likeness (QED) is 0.830. The molecule has 1 rings (SSSR count). The van der Waals surface area contributed by atoms with Crippen molar-refractivity contribution in [3.63, 3.8) is 0 Å². The molecule has 3 heteroatoms. The molecule has 1 unspecified atom stereocenters. The minimum absolute atomic E-state index is 0.0897. The van der Waals surface area contributed by atoms with Gasteiger partial charge in [-0.2, -0.15) is 0 Å². The lowest BCUT2D eigenvalue weighted by atomic mass is 9.97. The minimum atomic E-state index is -0.0897. The van der Waals surface area contributed by atoms with E-state index in [0.717, 1.165) is 15.7 Å². The van der Waals surface area contributed by atoms with Crippen molar-refractivity contribution in [2.45, 2.75) is 33.1 Å². The molecule has 0 bridgehead atoms. The first kappa shape index (κ1) is 11.4. The number of Topliss-reactive ketones (excluding diaryl/α,β-unsaturated/α-hetero) is 1. The zero-order valence-corrected chi connectivity index (χ0v) is 10.3. The fraction of sp³-hybridized carbons (Fsp3) is 0.455. The van der Waals surface area contributed by atoms with Crippen LogP contribution < -0.4 is 0 Å². The van der Waals surface area contributed by atoms with Crippen LogP contribution in [0.2, 0.25) is 0 Å². The van der Waals surface area contributed by atoms with Gasteiger partial charge in [0.25, 0.3) is 0 Å². The van der Waals surface area contributed by atoms with E-state index in [4.69, 9.17) is 0 Å². The SMILES string of the molecule is CCC(=O)C(C)c1ncc(Br)cc1C. The number of aryl methyl sites for hydroxylation is 1. The van der Waals surface area contributed by atoms with Crippen LogP contribution in [0.15, 0.2) is 16.7 Å². The van der Waals surface area contributed by atoms with E-state index >= 15 is 0 Å². The van der Waals surface area contributed by atoms with E-state index < -0.39 is 0 Å². The topological polar surface area (TPSA) is 30.0 Å². The second kappa shape index (κ2) is 4.69. The number of aromatic nitrogens is 1. The lowest BCUT2D eigenvalue weighted by molar-refractivity contribution is -0.119. The maximum atomic E-state index is 11.5. The Morgan fingerprint density at radius 3 is 2.79 bits per heavy atom. The second-order valence-corrected chi connectivity index (χ2v) is 4.31. The molecule has 14 heavy (non-hydrogen) atoms. The zero-order valence-electron chi connectivity index (χ0n) is 8.67. The van der Waals surface area contributed by atoms with Crippen LogP contribution in [-0.2, 0) is 4.79 Å². The van der Waals surface area contributed by atoms with Gasteiger partial charge in [0.15, 0.2) is 0 Å². The lowest BCUT2D eigenvalue weighted by Crippen LogP contribution is -2.10. The zero-order chi connectivity index (χ0) is 10.7. The van der Waals surface area contributed by atoms with Gasteiger partial charge in [0.1, 0.15) is 5.78 Å². The van der Waals surface area contributed by atoms with Gasteiger partial charge in [-0.3, -0.25) is 9.78 Å². The Balaban J connectivity index is 3.01. The molecule has 0 fully saturated rings. The number of hydrogen-bond donors (Lipinski definition) is 0. The molecule has 0 aliphatic heterocycles. The summed E-state index contributed by atoms with van der Waals surface area (Å²) in [5.74, 6) is 0.149. The summed E-state index contributed by atoms with van der Waals surface area (Å²) in [6.45, 7) is 5.77. The van der Waals surface area contributed by atoms with Gasteiger partial charge in [-0.15, -0.1) is 0 Å². The average molecular weight is 256 g/mol. The first-order valence-electron chi connectivity index (χ1n) is 4.71. The van der Waals surface area contributed by atoms with Crippen molar-refractivity contribution in [1.29, 1.82) is 0 Å². The van der Waals surface area contributed by atoms with Crippen LogP contribution in [0.4, 0.5) is 0 Å². The monoisotopic (exact) mass is 255 g/mol. The number of nitrogens with zero attached hydrogens (tertiary/aromatic N) is 1. The predicted octanol–water partition coefficient (Wildman–Crippen LogP) is 3.24. The summed E-state index contributed by atoms with van der Waals surface area (Å²) in [5, 5.41) is 0. The number of hydrogen-bond acceptors (Lipinski definition) is 2. The van der Waals surface area contributed by atoms with Crippen molar-refractivity contribution in [3.8, 4) is 0 Å². The number of carbonyl (C=O) groups excluding carboxylic acids is 1. The fourth-order valence-corrected chi connectivity index (χ4v) is 1.91. The largest absolute Gasteiger partial charge is 0.299 e. The molecule has 0 spiro atoms. The molecule has 0 N–H and O–H groups in total. The molecule has 0 saturated carbocycles. The first-order chi connectivity index (χ1) is 6.56. The molecule has 0 amide bonds. The van der Waals surface area contributed by atoms with E-state index in [-0.39, 0.29) is 11.7 Å². The van der Waals surface area contributed by atoms with Gasteiger partial charge in [0, 0.05) is 17.1 Å². The molecule has 76 valence electrons. The number of ketones is 1. The van der Waals surface area contributed by atoms with Crippen LogP contribution in [0, 0.1) is 6.92 Å². The highest BCUT2D eigenvalue weighted by molar-refractivity contribution is 9.10. The number of carbonyl (C=O) groups is 1. The Hall–Kier alpha value is -0.700. The number of rotatable bonds is 3. The van der Waals surface area contributed by atoms with Crippen LogP contribution in [0.5, 0.6) is 0 Å². The van der Waals surface area contributed by atoms with Crippen molar-refractivity contribution < 1.29 is 4.79 Å². The van der Waals surface area contributed by atoms with Gasteiger partial charge in [-0.25, -0.2) is 0 Å². The second-order valence-electron chi connectivity index (χ2n) is 3.40. The van der Waals surface area contributed by atoms with Crippen LogP contribution in [0.25, 0.3) is 0 Å². The van der Waals surface area contributed by atoms with Crippen molar-refractivity contribution in [2.24, 2.45) is 0 Å². The van der Waals surface area contributed by atoms with Gasteiger partial charge in [0.05, 0.1) is 11.6 Å². The summed E-state index contributed by atoms with van der Waals surface area (Å²) in [7, 11) is 0.